The Bertz CT molecular complexity index is 1020. The van der Waals surface area contributed by atoms with Gasteiger partial charge in [0.15, 0.2) is 0 Å². The molecule has 0 aliphatic carbocycles. The fraction of sp³-hybridized carbons (Fsp3) is 0.707. The van der Waals surface area contributed by atoms with Crippen LogP contribution in [0.2, 0.25) is 0 Å². The van der Waals surface area contributed by atoms with Crippen molar-refractivity contribution in [1.82, 2.24) is 0 Å². The van der Waals surface area contributed by atoms with Gasteiger partial charge >= 0.3 is 0 Å². The molecule has 1 unspecified atom stereocenters. The van der Waals surface area contributed by atoms with Gasteiger partial charge in [-0.15, -0.1) is 0 Å². The molecule has 2 aromatic carbocycles. The third-order valence-electron chi connectivity index (χ3n) is 9.55. The van der Waals surface area contributed by atoms with Crippen molar-refractivity contribution < 1.29 is 20.1 Å². The Kier molecular flexibility index (Phi) is 19.1. The molecule has 0 radical (unpaired) electrons. The molecule has 0 aromatic heterocycles. The topological polar surface area (TPSA) is 69.9 Å². The summed E-state index contributed by atoms with van der Waals surface area (Å²) in [5, 5.41) is 32.9. The summed E-state index contributed by atoms with van der Waals surface area (Å²) in [5.41, 5.74) is 7.58. The minimum atomic E-state index is -1.22. The van der Waals surface area contributed by atoms with Crippen LogP contribution in [0.15, 0.2) is 24.3 Å². The fourth-order valence-corrected chi connectivity index (χ4v) is 6.48. The van der Waals surface area contributed by atoms with Gasteiger partial charge in [-0.1, -0.05) is 104 Å². The number of aliphatic hydroxyl groups is 3. The van der Waals surface area contributed by atoms with Crippen molar-refractivity contribution in [2.45, 2.75) is 163 Å². The van der Waals surface area contributed by atoms with E-state index < -0.39 is 11.5 Å². The summed E-state index contributed by atoms with van der Waals surface area (Å²) < 4.78 is 7.34. The molecule has 1 atom stereocenters. The molecule has 45 heavy (non-hydrogen) atoms. The van der Waals surface area contributed by atoms with Crippen molar-refractivity contribution >= 4 is 0 Å². The van der Waals surface area contributed by atoms with Crippen LogP contribution >= 0.6 is 0 Å². The first-order chi connectivity index (χ1) is 21.9. The van der Waals surface area contributed by atoms with Gasteiger partial charge in [-0.25, -0.2) is 0 Å². The van der Waals surface area contributed by atoms with Gasteiger partial charge in [-0.2, -0.15) is 0 Å². The van der Waals surface area contributed by atoms with Crippen LogP contribution in [0.5, 0.6) is 5.75 Å². The SMILES string of the molecule is CCCCc1cc(CCCC)c(OC(c2c(CCCC)cc(CCCC)cc2CCCC)C(CO)(CO)CO)c(CCCC)c1. The van der Waals surface area contributed by atoms with Crippen LogP contribution in [-0.2, 0) is 38.5 Å². The molecular weight excluding hydrogens is 556 g/mol. The number of aliphatic hydroxyl groups excluding tert-OH is 3. The third kappa shape index (κ3) is 11.4. The maximum atomic E-state index is 11.0. The minimum Gasteiger partial charge on any atom is -0.484 e. The molecule has 0 fully saturated rings. The molecule has 2 rings (SSSR count). The van der Waals surface area contributed by atoms with Crippen LogP contribution in [0.3, 0.4) is 0 Å². The summed E-state index contributed by atoms with van der Waals surface area (Å²) in [7, 11) is 0. The van der Waals surface area contributed by atoms with E-state index in [9.17, 15) is 15.3 Å². The molecule has 3 N–H and O–H groups in total. The monoisotopic (exact) mass is 625 g/mol. The first-order valence-electron chi connectivity index (χ1n) is 18.7. The molecule has 4 nitrogen and oxygen atoms in total. The fourth-order valence-electron chi connectivity index (χ4n) is 6.48. The maximum absolute atomic E-state index is 11.0. The van der Waals surface area contributed by atoms with E-state index in [1.54, 1.807) is 0 Å². The summed E-state index contributed by atoms with van der Waals surface area (Å²) in [6, 6.07) is 9.45. The van der Waals surface area contributed by atoms with E-state index in [0.29, 0.717) is 0 Å². The summed E-state index contributed by atoms with van der Waals surface area (Å²) in [6.07, 6.45) is 18.4. The first kappa shape index (κ1) is 39.3. The van der Waals surface area contributed by atoms with E-state index in [-0.39, 0.29) is 19.8 Å². The molecular formula is C41H68O4. The lowest BCUT2D eigenvalue weighted by atomic mass is 9.75. The van der Waals surface area contributed by atoms with E-state index in [1.807, 2.05) is 0 Å². The number of unbranched alkanes of at least 4 members (excludes halogenated alkanes) is 6. The van der Waals surface area contributed by atoms with Crippen LogP contribution in [0.25, 0.3) is 0 Å². The average molecular weight is 625 g/mol. The van der Waals surface area contributed by atoms with Crippen molar-refractivity contribution in [2.24, 2.45) is 5.41 Å². The highest BCUT2D eigenvalue weighted by Crippen LogP contribution is 2.44. The van der Waals surface area contributed by atoms with Crippen molar-refractivity contribution in [2.75, 3.05) is 19.8 Å². The lowest BCUT2D eigenvalue weighted by Gasteiger charge is -2.40. The lowest BCUT2D eigenvalue weighted by Crippen LogP contribution is -2.43. The van der Waals surface area contributed by atoms with Crippen molar-refractivity contribution in [3.63, 3.8) is 0 Å². The highest BCUT2D eigenvalue weighted by atomic mass is 16.5. The van der Waals surface area contributed by atoms with Gasteiger partial charge in [-0.05, 0) is 116 Å². The number of rotatable bonds is 25. The molecule has 4 heteroatoms. The van der Waals surface area contributed by atoms with Gasteiger partial charge in [-0.3, -0.25) is 0 Å². The number of aryl methyl sites for hydroxylation is 6. The smallest absolute Gasteiger partial charge is 0.136 e. The third-order valence-corrected chi connectivity index (χ3v) is 9.55. The quantitative estimate of drug-likeness (QED) is 0.103. The highest BCUT2D eigenvalue weighted by molar-refractivity contribution is 5.48. The van der Waals surface area contributed by atoms with Crippen molar-refractivity contribution in [1.29, 1.82) is 0 Å². The Labute approximate surface area is 277 Å². The largest absolute Gasteiger partial charge is 0.484 e. The molecule has 0 aliphatic heterocycles. The van der Waals surface area contributed by atoms with Gasteiger partial charge in [0.2, 0.25) is 0 Å². The Hall–Kier alpha value is -1.88. The van der Waals surface area contributed by atoms with Crippen molar-refractivity contribution in [3.8, 4) is 5.75 Å². The number of ether oxygens (including phenoxy) is 1. The van der Waals surface area contributed by atoms with E-state index in [0.717, 1.165) is 127 Å². The molecule has 0 aliphatic rings. The second kappa shape index (κ2) is 21.8. The van der Waals surface area contributed by atoms with Crippen LogP contribution in [-0.4, -0.2) is 35.1 Å². The van der Waals surface area contributed by atoms with E-state index in [4.69, 9.17) is 4.74 Å². The normalized spacial score (nSPS) is 12.6. The van der Waals surface area contributed by atoms with E-state index in [1.165, 1.54) is 33.4 Å². The maximum Gasteiger partial charge on any atom is 0.136 e. The Morgan fingerprint density at radius 1 is 0.489 bits per heavy atom. The van der Waals surface area contributed by atoms with Crippen LogP contribution in [0.4, 0.5) is 0 Å². The Morgan fingerprint density at radius 2 is 0.800 bits per heavy atom. The summed E-state index contributed by atoms with van der Waals surface area (Å²) in [4.78, 5) is 0. The molecule has 0 spiro atoms. The van der Waals surface area contributed by atoms with Crippen molar-refractivity contribution in [3.05, 3.63) is 63.2 Å². The standard InChI is InChI=1S/C41H68O4/c1-7-13-19-32-25-34(21-15-9-3)38(35(26-32)22-16-10-4)40(41(29-42,30-43)31-44)45-39-36(23-17-11-5)27-33(20-14-8-2)28-37(39)24-18-12-6/h25-28,40,42-44H,7-24,29-31H2,1-6H3. The molecule has 0 heterocycles. The number of hydrogen-bond donors (Lipinski definition) is 3. The zero-order chi connectivity index (χ0) is 33.1. The lowest BCUT2D eigenvalue weighted by molar-refractivity contribution is -0.0753. The number of benzene rings is 2. The second-order valence-electron chi connectivity index (χ2n) is 13.5. The van der Waals surface area contributed by atoms with Crippen LogP contribution < -0.4 is 4.74 Å². The molecule has 0 bridgehead atoms. The molecule has 0 saturated heterocycles. The zero-order valence-electron chi connectivity index (χ0n) is 30.0. The molecule has 0 saturated carbocycles. The Balaban J connectivity index is 2.94. The number of hydrogen-bond acceptors (Lipinski definition) is 4. The summed E-state index contributed by atoms with van der Waals surface area (Å²) in [6.45, 7) is 12.3. The van der Waals surface area contributed by atoms with Gasteiger partial charge in [0.05, 0.1) is 25.2 Å². The van der Waals surface area contributed by atoms with Crippen LogP contribution in [0.1, 0.15) is 164 Å². The summed E-state index contributed by atoms with van der Waals surface area (Å²) in [5.74, 6) is 0.916. The van der Waals surface area contributed by atoms with E-state index in [2.05, 4.69) is 65.8 Å². The minimum absolute atomic E-state index is 0.355. The summed E-state index contributed by atoms with van der Waals surface area (Å²) >= 11 is 0. The van der Waals surface area contributed by atoms with Gasteiger partial charge < -0.3 is 20.1 Å². The van der Waals surface area contributed by atoms with Gasteiger partial charge in [0.25, 0.3) is 0 Å². The first-order valence-corrected chi connectivity index (χ1v) is 18.7. The molecule has 2 aromatic rings. The van der Waals surface area contributed by atoms with E-state index >= 15 is 0 Å². The predicted octanol–water partition coefficient (Wildman–Crippen LogP) is 9.83. The average Bonchev–Trinajstić information content (AvgIpc) is 3.06. The van der Waals surface area contributed by atoms with Crippen LogP contribution in [0, 0.1) is 5.41 Å². The zero-order valence-corrected chi connectivity index (χ0v) is 30.0. The second-order valence-corrected chi connectivity index (χ2v) is 13.5. The predicted molar refractivity (Wildman–Crippen MR) is 192 cm³/mol. The highest BCUT2D eigenvalue weighted by Gasteiger charge is 2.43. The van der Waals surface area contributed by atoms with Gasteiger partial charge in [0.1, 0.15) is 11.9 Å². The Morgan fingerprint density at radius 3 is 1.13 bits per heavy atom. The van der Waals surface area contributed by atoms with Gasteiger partial charge in [0, 0.05) is 0 Å². The molecule has 0 amide bonds. The molecule has 256 valence electrons.